The number of amides is 1. The zero-order valence-corrected chi connectivity index (χ0v) is 11.8. The molecule has 0 fully saturated rings. The lowest BCUT2D eigenvalue weighted by atomic mass is 9.95. The molecule has 0 bridgehead atoms. The normalized spacial score (nSPS) is 16.0. The van der Waals surface area contributed by atoms with Gasteiger partial charge in [0.2, 0.25) is 5.91 Å². The fourth-order valence-electron chi connectivity index (χ4n) is 1.29. The second-order valence-corrected chi connectivity index (χ2v) is 5.70. The number of carboxylic acids is 1. The molecule has 0 saturated heterocycles. The van der Waals surface area contributed by atoms with Gasteiger partial charge in [-0.2, -0.15) is 11.8 Å². The Kier molecular flexibility index (Phi) is 8.04. The average molecular weight is 261 g/mol. The Morgan fingerprint density at radius 3 is 2.29 bits per heavy atom. The molecule has 0 aliphatic carbocycles. The molecule has 4 nitrogen and oxygen atoms in total. The second kappa shape index (κ2) is 8.39. The first-order valence-electron chi connectivity index (χ1n) is 6.01. The fraction of sp³-hybridized carbons (Fsp3) is 0.833. The lowest BCUT2D eigenvalue weighted by molar-refractivity contribution is -0.146. The van der Waals surface area contributed by atoms with Gasteiger partial charge in [0, 0.05) is 12.0 Å². The van der Waals surface area contributed by atoms with Gasteiger partial charge in [-0.15, -0.1) is 0 Å². The molecule has 0 aliphatic heterocycles. The van der Waals surface area contributed by atoms with E-state index >= 15 is 0 Å². The summed E-state index contributed by atoms with van der Waals surface area (Å²) in [5.41, 5.74) is 0. The number of carboxylic acid groups (broad SMARTS) is 1. The molecular formula is C12H23NO3S. The predicted octanol–water partition coefficient (Wildman–Crippen LogP) is 1.99. The van der Waals surface area contributed by atoms with Crippen LogP contribution in [-0.4, -0.2) is 34.5 Å². The zero-order chi connectivity index (χ0) is 13.4. The van der Waals surface area contributed by atoms with Crippen molar-refractivity contribution in [3.05, 3.63) is 0 Å². The molecule has 0 heterocycles. The van der Waals surface area contributed by atoms with Gasteiger partial charge in [-0.25, -0.2) is 0 Å². The quantitative estimate of drug-likeness (QED) is 0.656. The molecule has 3 unspecified atom stereocenters. The first kappa shape index (κ1) is 16.3. The van der Waals surface area contributed by atoms with Crippen LogP contribution in [0.4, 0.5) is 0 Å². The summed E-state index contributed by atoms with van der Waals surface area (Å²) in [6.07, 6.45) is 0.915. The molecule has 0 spiro atoms. The Morgan fingerprint density at radius 1 is 1.24 bits per heavy atom. The summed E-state index contributed by atoms with van der Waals surface area (Å²) in [5, 5.41) is 11.7. The van der Waals surface area contributed by atoms with Crippen LogP contribution in [0.25, 0.3) is 0 Å². The van der Waals surface area contributed by atoms with E-state index < -0.39 is 17.8 Å². The third kappa shape index (κ3) is 6.56. The maximum atomic E-state index is 11.8. The van der Waals surface area contributed by atoms with E-state index in [2.05, 4.69) is 12.2 Å². The monoisotopic (exact) mass is 261 g/mol. The minimum Gasteiger partial charge on any atom is -0.481 e. The van der Waals surface area contributed by atoms with Crippen molar-refractivity contribution in [1.82, 2.24) is 5.32 Å². The second-order valence-electron chi connectivity index (χ2n) is 4.31. The Bertz CT molecular complexity index is 258. The molecule has 0 aliphatic rings. The van der Waals surface area contributed by atoms with E-state index in [1.54, 1.807) is 13.8 Å². The van der Waals surface area contributed by atoms with Crippen molar-refractivity contribution in [2.75, 3.05) is 11.5 Å². The highest BCUT2D eigenvalue weighted by Crippen LogP contribution is 2.12. The first-order valence-corrected chi connectivity index (χ1v) is 7.16. The van der Waals surface area contributed by atoms with Crippen LogP contribution < -0.4 is 5.32 Å². The Labute approximate surface area is 108 Å². The van der Waals surface area contributed by atoms with Crippen LogP contribution in [0.1, 0.15) is 34.1 Å². The van der Waals surface area contributed by atoms with E-state index in [4.69, 9.17) is 5.11 Å². The van der Waals surface area contributed by atoms with Gasteiger partial charge in [-0.05, 0) is 24.9 Å². The molecule has 0 radical (unpaired) electrons. The van der Waals surface area contributed by atoms with E-state index in [9.17, 15) is 9.59 Å². The number of thioether (sulfide) groups is 1. The van der Waals surface area contributed by atoms with Gasteiger partial charge < -0.3 is 10.4 Å². The summed E-state index contributed by atoms with van der Waals surface area (Å²) in [5.74, 6) is -0.148. The molecule has 2 N–H and O–H groups in total. The number of nitrogens with one attached hydrogen (secondary N) is 1. The van der Waals surface area contributed by atoms with Crippen LogP contribution in [0, 0.1) is 11.8 Å². The van der Waals surface area contributed by atoms with E-state index in [0.29, 0.717) is 0 Å². The van der Waals surface area contributed by atoms with Gasteiger partial charge in [0.05, 0.1) is 5.92 Å². The molecule has 100 valence electrons. The number of hydrogen-bond donors (Lipinski definition) is 2. The predicted molar refractivity (Wildman–Crippen MR) is 71.2 cm³/mol. The average Bonchev–Trinajstić information content (AvgIpc) is 2.27. The number of rotatable bonds is 8. The van der Waals surface area contributed by atoms with Gasteiger partial charge in [0.25, 0.3) is 0 Å². The third-order valence-corrected chi connectivity index (χ3v) is 3.77. The maximum Gasteiger partial charge on any atom is 0.307 e. The molecule has 3 atom stereocenters. The van der Waals surface area contributed by atoms with Gasteiger partial charge >= 0.3 is 5.97 Å². The van der Waals surface area contributed by atoms with Crippen LogP contribution in [0.15, 0.2) is 0 Å². The molecule has 0 aromatic carbocycles. The SMILES string of the molecule is CCSCCC(C)NC(=O)C(C)C(C)C(=O)O. The summed E-state index contributed by atoms with van der Waals surface area (Å²) in [7, 11) is 0. The lowest BCUT2D eigenvalue weighted by Crippen LogP contribution is -2.40. The van der Waals surface area contributed by atoms with E-state index in [1.165, 1.54) is 0 Å². The van der Waals surface area contributed by atoms with Gasteiger partial charge in [-0.3, -0.25) is 9.59 Å². The van der Waals surface area contributed by atoms with Crippen molar-refractivity contribution < 1.29 is 14.7 Å². The summed E-state index contributed by atoms with van der Waals surface area (Å²) < 4.78 is 0. The number of carbonyl (C=O) groups excluding carboxylic acids is 1. The Hall–Kier alpha value is -0.710. The van der Waals surface area contributed by atoms with Crippen molar-refractivity contribution in [3.8, 4) is 0 Å². The molecular weight excluding hydrogens is 238 g/mol. The third-order valence-electron chi connectivity index (χ3n) is 2.84. The van der Waals surface area contributed by atoms with Crippen LogP contribution in [0.5, 0.6) is 0 Å². The van der Waals surface area contributed by atoms with Crippen LogP contribution in [0.3, 0.4) is 0 Å². The first-order chi connectivity index (χ1) is 7.90. The van der Waals surface area contributed by atoms with Crippen molar-refractivity contribution in [1.29, 1.82) is 0 Å². The van der Waals surface area contributed by atoms with Crippen LogP contribution in [0.2, 0.25) is 0 Å². The van der Waals surface area contributed by atoms with Crippen LogP contribution >= 0.6 is 11.8 Å². The topological polar surface area (TPSA) is 66.4 Å². The van der Waals surface area contributed by atoms with Crippen molar-refractivity contribution in [3.63, 3.8) is 0 Å². The molecule has 5 heteroatoms. The molecule has 0 aromatic heterocycles. The minimum absolute atomic E-state index is 0.102. The summed E-state index contributed by atoms with van der Waals surface area (Å²) in [6, 6.07) is 0.102. The van der Waals surface area contributed by atoms with Crippen LogP contribution in [-0.2, 0) is 9.59 Å². The fourth-order valence-corrected chi connectivity index (χ4v) is 2.10. The Morgan fingerprint density at radius 2 is 1.82 bits per heavy atom. The smallest absolute Gasteiger partial charge is 0.307 e. The molecule has 0 aromatic rings. The number of aliphatic carboxylic acids is 1. The van der Waals surface area contributed by atoms with Crippen molar-refractivity contribution >= 4 is 23.6 Å². The minimum atomic E-state index is -0.929. The van der Waals surface area contributed by atoms with E-state index in [-0.39, 0.29) is 11.9 Å². The number of hydrogen-bond acceptors (Lipinski definition) is 3. The highest BCUT2D eigenvalue weighted by Gasteiger charge is 2.26. The summed E-state index contributed by atoms with van der Waals surface area (Å²) in [6.45, 7) is 7.27. The maximum absolute atomic E-state index is 11.8. The van der Waals surface area contributed by atoms with Crippen molar-refractivity contribution in [2.24, 2.45) is 11.8 Å². The molecule has 0 rings (SSSR count). The number of carbonyl (C=O) groups is 2. The van der Waals surface area contributed by atoms with Gasteiger partial charge in [0.15, 0.2) is 0 Å². The van der Waals surface area contributed by atoms with E-state index in [0.717, 1.165) is 17.9 Å². The lowest BCUT2D eigenvalue weighted by Gasteiger charge is -2.19. The summed E-state index contributed by atoms with van der Waals surface area (Å²) >= 11 is 1.84. The highest BCUT2D eigenvalue weighted by atomic mass is 32.2. The van der Waals surface area contributed by atoms with E-state index in [1.807, 2.05) is 18.7 Å². The Balaban J connectivity index is 4.02. The van der Waals surface area contributed by atoms with Gasteiger partial charge in [-0.1, -0.05) is 20.8 Å². The van der Waals surface area contributed by atoms with Gasteiger partial charge in [0.1, 0.15) is 0 Å². The van der Waals surface area contributed by atoms with Crippen molar-refractivity contribution in [2.45, 2.75) is 40.2 Å². The largest absolute Gasteiger partial charge is 0.481 e. The molecule has 0 saturated carbocycles. The standard InChI is InChI=1S/C12H23NO3S/c1-5-17-7-6-8(2)13-11(14)9(3)10(4)12(15)16/h8-10H,5-7H2,1-4H3,(H,13,14)(H,15,16). The molecule has 1 amide bonds. The highest BCUT2D eigenvalue weighted by molar-refractivity contribution is 7.99. The molecule has 17 heavy (non-hydrogen) atoms. The zero-order valence-electron chi connectivity index (χ0n) is 11.0. The summed E-state index contributed by atoms with van der Waals surface area (Å²) in [4.78, 5) is 22.5.